The molecule has 1 aromatic carbocycles. The SMILES string of the molecule is CSCC(C)CN1C(=O)C2(CC2)NC1c1ccc(F)cc1. The maximum Gasteiger partial charge on any atom is 0.244 e. The molecule has 2 unspecified atom stereocenters. The molecule has 1 N–H and O–H groups in total. The third-order valence-electron chi connectivity index (χ3n) is 4.29. The van der Waals surface area contributed by atoms with Crippen molar-refractivity contribution in [3.05, 3.63) is 35.6 Å². The van der Waals surface area contributed by atoms with Gasteiger partial charge in [-0.3, -0.25) is 10.1 Å². The van der Waals surface area contributed by atoms with Crippen molar-refractivity contribution in [1.29, 1.82) is 0 Å². The first-order valence-corrected chi connectivity index (χ1v) is 8.78. The Balaban J connectivity index is 1.82. The van der Waals surface area contributed by atoms with Crippen LogP contribution in [0, 0.1) is 11.7 Å². The molecule has 1 heterocycles. The average molecular weight is 308 g/mol. The molecule has 3 nitrogen and oxygen atoms in total. The molecule has 0 radical (unpaired) electrons. The molecular formula is C16H21FN2OS. The van der Waals surface area contributed by atoms with Crippen LogP contribution in [0.15, 0.2) is 24.3 Å². The van der Waals surface area contributed by atoms with Gasteiger partial charge in [0, 0.05) is 6.54 Å². The second-order valence-corrected chi connectivity index (χ2v) is 7.11. The number of carbonyl (C=O) groups excluding carboxylic acids is 1. The van der Waals surface area contributed by atoms with Crippen molar-refractivity contribution >= 4 is 17.7 Å². The lowest BCUT2D eigenvalue weighted by molar-refractivity contribution is -0.131. The first kappa shape index (κ1) is 14.9. The number of thioether (sulfide) groups is 1. The minimum atomic E-state index is -0.335. The van der Waals surface area contributed by atoms with Gasteiger partial charge in [0.25, 0.3) is 0 Å². The molecule has 1 aliphatic carbocycles. The van der Waals surface area contributed by atoms with E-state index in [2.05, 4.69) is 18.5 Å². The van der Waals surface area contributed by atoms with Crippen molar-refractivity contribution < 1.29 is 9.18 Å². The van der Waals surface area contributed by atoms with Crippen LogP contribution in [0.3, 0.4) is 0 Å². The van der Waals surface area contributed by atoms with E-state index in [9.17, 15) is 9.18 Å². The van der Waals surface area contributed by atoms with E-state index < -0.39 is 0 Å². The molecule has 1 aliphatic heterocycles. The summed E-state index contributed by atoms with van der Waals surface area (Å²) in [6.45, 7) is 2.92. The Morgan fingerprint density at radius 3 is 2.67 bits per heavy atom. The van der Waals surface area contributed by atoms with Gasteiger partial charge in [0.05, 0.1) is 0 Å². The summed E-state index contributed by atoms with van der Waals surface area (Å²) in [5.41, 5.74) is 0.628. The van der Waals surface area contributed by atoms with Gasteiger partial charge in [-0.2, -0.15) is 11.8 Å². The van der Waals surface area contributed by atoms with Crippen LogP contribution in [-0.4, -0.2) is 34.9 Å². The Bertz CT molecular complexity index is 530. The first-order chi connectivity index (χ1) is 10.1. The van der Waals surface area contributed by atoms with Gasteiger partial charge >= 0.3 is 0 Å². The van der Waals surface area contributed by atoms with Crippen molar-refractivity contribution in [3.8, 4) is 0 Å². The van der Waals surface area contributed by atoms with E-state index in [1.54, 1.807) is 23.9 Å². The highest BCUT2D eigenvalue weighted by atomic mass is 32.2. The van der Waals surface area contributed by atoms with Gasteiger partial charge in [-0.1, -0.05) is 19.1 Å². The molecule has 5 heteroatoms. The maximum atomic E-state index is 13.1. The molecule has 2 aliphatic rings. The van der Waals surface area contributed by atoms with Crippen molar-refractivity contribution in [2.75, 3.05) is 18.6 Å². The minimum Gasteiger partial charge on any atom is -0.321 e. The summed E-state index contributed by atoms with van der Waals surface area (Å²) in [5.74, 6) is 1.45. The van der Waals surface area contributed by atoms with E-state index in [0.29, 0.717) is 5.92 Å². The molecule has 1 aromatic rings. The van der Waals surface area contributed by atoms with E-state index in [0.717, 1.165) is 30.7 Å². The number of halogens is 1. The minimum absolute atomic E-state index is 0.120. The van der Waals surface area contributed by atoms with Crippen LogP contribution in [0.25, 0.3) is 0 Å². The number of hydrogen-bond acceptors (Lipinski definition) is 3. The monoisotopic (exact) mass is 308 g/mol. The maximum absolute atomic E-state index is 13.1. The highest BCUT2D eigenvalue weighted by Crippen LogP contribution is 2.46. The Morgan fingerprint density at radius 1 is 1.43 bits per heavy atom. The summed E-state index contributed by atoms with van der Waals surface area (Å²) in [6.07, 6.45) is 3.79. The van der Waals surface area contributed by atoms with Crippen molar-refractivity contribution in [1.82, 2.24) is 10.2 Å². The number of nitrogens with one attached hydrogen (secondary N) is 1. The van der Waals surface area contributed by atoms with Crippen LogP contribution in [0.2, 0.25) is 0 Å². The highest BCUT2D eigenvalue weighted by Gasteiger charge is 2.59. The van der Waals surface area contributed by atoms with E-state index in [4.69, 9.17) is 0 Å². The Kier molecular flexibility index (Phi) is 3.97. The number of amides is 1. The lowest BCUT2D eigenvalue weighted by atomic mass is 10.1. The highest BCUT2D eigenvalue weighted by molar-refractivity contribution is 7.98. The third-order valence-corrected chi connectivity index (χ3v) is 5.19. The smallest absolute Gasteiger partial charge is 0.244 e. The van der Waals surface area contributed by atoms with Crippen LogP contribution in [-0.2, 0) is 4.79 Å². The average Bonchev–Trinajstić information content (AvgIpc) is 3.19. The topological polar surface area (TPSA) is 32.3 Å². The second kappa shape index (κ2) is 5.61. The van der Waals surface area contributed by atoms with Crippen molar-refractivity contribution in [3.63, 3.8) is 0 Å². The fraction of sp³-hybridized carbons (Fsp3) is 0.562. The van der Waals surface area contributed by atoms with E-state index in [-0.39, 0.29) is 23.4 Å². The zero-order valence-corrected chi connectivity index (χ0v) is 13.3. The Morgan fingerprint density at radius 2 is 2.10 bits per heavy atom. The van der Waals surface area contributed by atoms with E-state index >= 15 is 0 Å². The summed E-state index contributed by atoms with van der Waals surface area (Å²) < 4.78 is 13.1. The third kappa shape index (κ3) is 2.81. The molecule has 3 rings (SSSR count). The van der Waals surface area contributed by atoms with E-state index in [1.807, 2.05) is 4.90 Å². The zero-order valence-electron chi connectivity index (χ0n) is 12.4. The van der Waals surface area contributed by atoms with Crippen LogP contribution in [0.4, 0.5) is 4.39 Å². The van der Waals surface area contributed by atoms with Gasteiger partial charge in [0.15, 0.2) is 0 Å². The summed E-state index contributed by atoms with van der Waals surface area (Å²) in [5, 5.41) is 3.47. The van der Waals surface area contributed by atoms with Crippen LogP contribution in [0.5, 0.6) is 0 Å². The van der Waals surface area contributed by atoms with Crippen molar-refractivity contribution in [2.45, 2.75) is 31.5 Å². The number of rotatable bonds is 5. The molecular weight excluding hydrogens is 287 g/mol. The van der Waals surface area contributed by atoms with Gasteiger partial charge < -0.3 is 4.90 Å². The first-order valence-electron chi connectivity index (χ1n) is 7.39. The second-order valence-electron chi connectivity index (χ2n) is 6.20. The van der Waals surface area contributed by atoms with Crippen LogP contribution in [0.1, 0.15) is 31.5 Å². The number of nitrogens with zero attached hydrogens (tertiary/aromatic N) is 1. The number of benzene rings is 1. The molecule has 2 atom stereocenters. The summed E-state index contributed by atoms with van der Waals surface area (Å²) in [7, 11) is 0. The molecule has 1 saturated carbocycles. The van der Waals surface area contributed by atoms with Gasteiger partial charge in [-0.15, -0.1) is 0 Å². The van der Waals surface area contributed by atoms with E-state index in [1.165, 1.54) is 12.1 Å². The summed E-state index contributed by atoms with van der Waals surface area (Å²) in [4.78, 5) is 14.6. The fourth-order valence-electron chi connectivity index (χ4n) is 3.05. The van der Waals surface area contributed by atoms with Gasteiger partial charge in [-0.05, 0) is 48.5 Å². The molecule has 1 amide bonds. The lowest BCUT2D eigenvalue weighted by Gasteiger charge is -2.27. The molecule has 1 saturated heterocycles. The van der Waals surface area contributed by atoms with Crippen LogP contribution >= 0.6 is 11.8 Å². The molecule has 21 heavy (non-hydrogen) atoms. The number of carbonyl (C=O) groups is 1. The molecule has 0 aromatic heterocycles. The normalized spacial score (nSPS) is 24.6. The largest absolute Gasteiger partial charge is 0.321 e. The molecule has 1 spiro atoms. The van der Waals surface area contributed by atoms with Gasteiger partial charge in [0.1, 0.15) is 17.5 Å². The van der Waals surface area contributed by atoms with Gasteiger partial charge in [0.2, 0.25) is 5.91 Å². The quantitative estimate of drug-likeness (QED) is 0.908. The molecule has 0 bridgehead atoms. The predicted molar refractivity (Wildman–Crippen MR) is 83.5 cm³/mol. The predicted octanol–water partition coefficient (Wildman–Crippen LogP) is 2.79. The Labute approximate surface area is 129 Å². The van der Waals surface area contributed by atoms with Gasteiger partial charge in [-0.25, -0.2) is 4.39 Å². The lowest BCUT2D eigenvalue weighted by Crippen LogP contribution is -2.35. The Hall–Kier alpha value is -1.07. The fourth-order valence-corrected chi connectivity index (χ4v) is 3.72. The van der Waals surface area contributed by atoms with Crippen molar-refractivity contribution in [2.24, 2.45) is 5.92 Å². The standard InChI is InChI=1S/C16H21FN2OS/c1-11(10-21-2)9-19-14(12-3-5-13(17)6-4-12)18-16(7-8-16)15(19)20/h3-6,11,14,18H,7-10H2,1-2H3. The zero-order chi connectivity index (χ0) is 15.0. The summed E-state index contributed by atoms with van der Waals surface area (Å²) >= 11 is 1.80. The number of hydrogen-bond donors (Lipinski definition) is 1. The molecule has 2 fully saturated rings. The molecule has 114 valence electrons. The van der Waals surface area contributed by atoms with Crippen LogP contribution < -0.4 is 5.32 Å². The summed E-state index contributed by atoms with van der Waals surface area (Å²) in [6, 6.07) is 6.47.